The van der Waals surface area contributed by atoms with Crippen molar-refractivity contribution in [1.29, 1.82) is 0 Å². The number of rotatable bonds is 0. The molecule has 132 valence electrons. The predicted octanol–water partition coefficient (Wildman–Crippen LogP) is 4.83. The van der Waals surface area contributed by atoms with Gasteiger partial charge in [0.15, 0.2) is 5.78 Å². The Morgan fingerprint density at radius 3 is 1.92 bits per heavy atom. The van der Waals surface area contributed by atoms with Gasteiger partial charge in [-0.25, -0.2) is 0 Å². The van der Waals surface area contributed by atoms with Gasteiger partial charge in [-0.15, -0.1) is 0 Å². The summed E-state index contributed by atoms with van der Waals surface area (Å²) >= 11 is 0. The van der Waals surface area contributed by atoms with Crippen molar-refractivity contribution in [3.63, 3.8) is 0 Å². The second-order valence-electron chi connectivity index (χ2n) is 10.1. The van der Waals surface area contributed by atoms with E-state index >= 15 is 0 Å². The van der Waals surface area contributed by atoms with E-state index in [1.807, 2.05) is 0 Å². The average molecular weight is 328 g/mol. The SMILES string of the molecule is CN1CCC2(CC1)CC(=O)c1c(C(C)(C)C)ccc(C(C)(C)C)c12. The summed E-state index contributed by atoms with van der Waals surface area (Å²) in [6, 6.07) is 4.55. The monoisotopic (exact) mass is 327 g/mol. The third kappa shape index (κ3) is 2.73. The highest BCUT2D eigenvalue weighted by atomic mass is 16.1. The first-order valence-electron chi connectivity index (χ1n) is 9.36. The van der Waals surface area contributed by atoms with E-state index in [9.17, 15) is 4.79 Å². The molecular weight excluding hydrogens is 294 g/mol. The van der Waals surface area contributed by atoms with Crippen molar-refractivity contribution in [2.75, 3.05) is 20.1 Å². The van der Waals surface area contributed by atoms with Gasteiger partial charge in [0.05, 0.1) is 0 Å². The minimum atomic E-state index is 0.00709. The number of nitrogens with zero attached hydrogens (tertiary/aromatic N) is 1. The topological polar surface area (TPSA) is 20.3 Å². The molecule has 0 saturated carbocycles. The molecule has 2 heteroatoms. The largest absolute Gasteiger partial charge is 0.306 e. The summed E-state index contributed by atoms with van der Waals surface area (Å²) in [5.74, 6) is 0.380. The van der Waals surface area contributed by atoms with Crippen molar-refractivity contribution in [2.24, 2.45) is 0 Å². The Morgan fingerprint density at radius 1 is 0.917 bits per heavy atom. The fourth-order valence-corrected chi connectivity index (χ4v) is 4.65. The van der Waals surface area contributed by atoms with Crippen molar-refractivity contribution in [3.8, 4) is 0 Å². The second kappa shape index (κ2) is 5.42. The van der Waals surface area contributed by atoms with Crippen LogP contribution in [0.1, 0.15) is 87.9 Å². The fourth-order valence-electron chi connectivity index (χ4n) is 4.65. The number of hydrogen-bond acceptors (Lipinski definition) is 2. The minimum Gasteiger partial charge on any atom is -0.306 e. The Balaban J connectivity index is 2.28. The van der Waals surface area contributed by atoms with Gasteiger partial charge in [-0.1, -0.05) is 53.7 Å². The molecule has 1 aliphatic heterocycles. The predicted molar refractivity (Wildman–Crippen MR) is 101 cm³/mol. The van der Waals surface area contributed by atoms with Crippen LogP contribution in [-0.4, -0.2) is 30.8 Å². The van der Waals surface area contributed by atoms with Crippen LogP contribution in [0.3, 0.4) is 0 Å². The zero-order valence-corrected chi connectivity index (χ0v) is 16.5. The number of piperidine rings is 1. The normalized spacial score (nSPS) is 21.4. The maximum absolute atomic E-state index is 13.2. The molecule has 2 aliphatic rings. The summed E-state index contributed by atoms with van der Waals surface area (Å²) in [6.07, 6.45) is 2.93. The van der Waals surface area contributed by atoms with Crippen molar-refractivity contribution < 1.29 is 4.79 Å². The van der Waals surface area contributed by atoms with Crippen molar-refractivity contribution in [3.05, 3.63) is 34.4 Å². The quantitative estimate of drug-likeness (QED) is 0.680. The summed E-state index contributed by atoms with van der Waals surface area (Å²) in [5, 5.41) is 0. The Hall–Kier alpha value is -1.15. The summed E-state index contributed by atoms with van der Waals surface area (Å²) < 4.78 is 0. The van der Waals surface area contributed by atoms with Gasteiger partial charge in [-0.3, -0.25) is 4.79 Å². The summed E-state index contributed by atoms with van der Waals surface area (Å²) in [4.78, 5) is 15.6. The Kier molecular flexibility index (Phi) is 3.99. The van der Waals surface area contributed by atoms with E-state index in [1.54, 1.807) is 0 Å². The van der Waals surface area contributed by atoms with E-state index in [0.717, 1.165) is 31.5 Å². The Bertz CT molecular complexity index is 664. The van der Waals surface area contributed by atoms with Gasteiger partial charge in [0.1, 0.15) is 0 Å². The summed E-state index contributed by atoms with van der Waals surface area (Å²) in [5.41, 5.74) is 5.25. The van der Waals surface area contributed by atoms with Crippen LogP contribution < -0.4 is 0 Å². The van der Waals surface area contributed by atoms with Gasteiger partial charge in [0.2, 0.25) is 0 Å². The van der Waals surface area contributed by atoms with Crippen molar-refractivity contribution >= 4 is 5.78 Å². The number of hydrogen-bond donors (Lipinski definition) is 0. The molecule has 24 heavy (non-hydrogen) atoms. The molecule has 1 aliphatic carbocycles. The van der Waals surface area contributed by atoms with E-state index in [0.29, 0.717) is 12.2 Å². The zero-order chi connectivity index (χ0) is 17.9. The molecule has 1 heterocycles. The summed E-state index contributed by atoms with van der Waals surface area (Å²) in [7, 11) is 2.20. The number of carbonyl (C=O) groups is 1. The van der Waals surface area contributed by atoms with Crippen LogP contribution in [0.4, 0.5) is 0 Å². The highest BCUT2D eigenvalue weighted by molar-refractivity contribution is 6.04. The van der Waals surface area contributed by atoms with Crippen LogP contribution in [0.15, 0.2) is 12.1 Å². The molecule has 0 amide bonds. The maximum Gasteiger partial charge on any atom is 0.164 e. The first kappa shape index (κ1) is 17.7. The lowest BCUT2D eigenvalue weighted by molar-refractivity contribution is 0.0944. The van der Waals surface area contributed by atoms with Crippen molar-refractivity contribution in [1.82, 2.24) is 4.90 Å². The van der Waals surface area contributed by atoms with Crippen LogP contribution in [0.5, 0.6) is 0 Å². The standard InChI is InChI=1S/C22H33NO/c1-20(2,3)15-8-9-16(21(4,5)6)19-18(15)17(24)14-22(19)10-12-23(7)13-11-22/h8-9H,10-14H2,1-7H3. The van der Waals surface area contributed by atoms with Crippen LogP contribution in [0.2, 0.25) is 0 Å². The van der Waals surface area contributed by atoms with Gasteiger partial charge in [0.25, 0.3) is 0 Å². The molecular formula is C22H33NO. The molecule has 0 N–H and O–H groups in total. The van der Waals surface area contributed by atoms with Crippen LogP contribution in [0.25, 0.3) is 0 Å². The Labute approximate surface area is 147 Å². The molecule has 0 aromatic heterocycles. The number of benzene rings is 1. The maximum atomic E-state index is 13.2. The smallest absolute Gasteiger partial charge is 0.164 e. The molecule has 0 unspecified atom stereocenters. The lowest BCUT2D eigenvalue weighted by Gasteiger charge is -2.41. The molecule has 1 fully saturated rings. The Morgan fingerprint density at radius 2 is 1.42 bits per heavy atom. The lowest BCUT2D eigenvalue weighted by Crippen LogP contribution is -2.41. The number of carbonyl (C=O) groups excluding carboxylic acids is 1. The van der Waals surface area contributed by atoms with Crippen LogP contribution in [-0.2, 0) is 16.2 Å². The van der Waals surface area contributed by atoms with E-state index in [1.165, 1.54) is 16.7 Å². The van der Waals surface area contributed by atoms with E-state index < -0.39 is 0 Å². The number of ketones is 1. The van der Waals surface area contributed by atoms with Gasteiger partial charge in [-0.2, -0.15) is 0 Å². The van der Waals surface area contributed by atoms with Gasteiger partial charge in [0, 0.05) is 17.4 Å². The number of fused-ring (bicyclic) bond motifs is 2. The van der Waals surface area contributed by atoms with Gasteiger partial charge >= 0.3 is 0 Å². The first-order valence-corrected chi connectivity index (χ1v) is 9.36. The van der Waals surface area contributed by atoms with E-state index in [2.05, 4.69) is 65.6 Å². The fraction of sp³-hybridized carbons (Fsp3) is 0.682. The minimum absolute atomic E-state index is 0.00709. The van der Waals surface area contributed by atoms with E-state index in [-0.39, 0.29) is 16.2 Å². The van der Waals surface area contributed by atoms with Gasteiger partial charge in [-0.05, 0) is 60.5 Å². The molecule has 0 radical (unpaired) electrons. The molecule has 2 nitrogen and oxygen atoms in total. The highest BCUT2D eigenvalue weighted by Crippen LogP contribution is 2.52. The number of likely N-dealkylation sites (tertiary alicyclic amines) is 1. The van der Waals surface area contributed by atoms with Crippen LogP contribution in [0, 0.1) is 0 Å². The number of Topliss-reactive ketones (excluding diaryl/α,β-unsaturated/α-hetero) is 1. The summed E-state index contributed by atoms with van der Waals surface area (Å²) in [6.45, 7) is 15.7. The second-order valence-corrected chi connectivity index (χ2v) is 10.1. The molecule has 1 aromatic carbocycles. The van der Waals surface area contributed by atoms with Crippen LogP contribution >= 0.6 is 0 Å². The average Bonchev–Trinajstić information content (AvgIpc) is 2.73. The third-order valence-electron chi connectivity index (χ3n) is 6.07. The molecule has 0 atom stereocenters. The molecule has 1 saturated heterocycles. The highest BCUT2D eigenvalue weighted by Gasteiger charge is 2.48. The third-order valence-corrected chi connectivity index (χ3v) is 6.07. The molecule has 1 spiro atoms. The lowest BCUT2D eigenvalue weighted by atomic mass is 9.67. The molecule has 3 rings (SSSR count). The zero-order valence-electron chi connectivity index (χ0n) is 16.5. The van der Waals surface area contributed by atoms with E-state index in [4.69, 9.17) is 0 Å². The molecule has 1 aromatic rings. The van der Waals surface area contributed by atoms with Gasteiger partial charge < -0.3 is 4.90 Å². The van der Waals surface area contributed by atoms with Crippen molar-refractivity contribution in [2.45, 2.75) is 77.0 Å². The first-order chi connectivity index (χ1) is 11.0. The molecule has 0 bridgehead atoms.